The van der Waals surface area contributed by atoms with E-state index in [1.807, 2.05) is 37.4 Å². The third kappa shape index (κ3) is 3.50. The minimum Gasteiger partial charge on any atom is -0.352 e. The van der Waals surface area contributed by atoms with E-state index in [1.165, 1.54) is 5.56 Å². The van der Waals surface area contributed by atoms with Crippen molar-refractivity contribution in [3.8, 4) is 0 Å². The fraction of sp³-hybridized carbons (Fsp3) is 0.294. The van der Waals surface area contributed by atoms with Crippen molar-refractivity contribution in [3.63, 3.8) is 0 Å². The van der Waals surface area contributed by atoms with Crippen LogP contribution in [0.25, 0.3) is 0 Å². The molecule has 1 heterocycles. The topological polar surface area (TPSA) is 42.0 Å². The molecule has 2 unspecified atom stereocenters. The van der Waals surface area contributed by atoms with Crippen molar-refractivity contribution in [2.75, 3.05) is 0 Å². The number of benzene rings is 1. The molecule has 2 atom stereocenters. The van der Waals surface area contributed by atoms with Crippen molar-refractivity contribution in [2.45, 2.75) is 25.8 Å². The zero-order chi connectivity index (χ0) is 14.8. The van der Waals surface area contributed by atoms with Gasteiger partial charge in [0.2, 0.25) is 5.91 Å². The van der Waals surface area contributed by atoms with Gasteiger partial charge in [-0.1, -0.05) is 34.1 Å². The number of rotatable bonds is 4. The predicted octanol–water partition coefficient (Wildman–Crippen LogP) is 3.57. The number of nitrogens with zero attached hydrogens (tertiary/aromatic N) is 1. The van der Waals surface area contributed by atoms with Crippen LogP contribution in [-0.2, 0) is 11.3 Å². The van der Waals surface area contributed by atoms with Crippen LogP contribution in [0.15, 0.2) is 47.1 Å². The Balaban J connectivity index is 1.53. The Bertz CT molecular complexity index is 637. The molecule has 0 aliphatic heterocycles. The van der Waals surface area contributed by atoms with Crippen LogP contribution in [0.4, 0.5) is 0 Å². The number of aromatic nitrogens is 1. The van der Waals surface area contributed by atoms with Gasteiger partial charge in [0.05, 0.1) is 0 Å². The molecule has 0 radical (unpaired) electrons. The van der Waals surface area contributed by atoms with E-state index in [4.69, 9.17) is 0 Å². The highest BCUT2D eigenvalue weighted by atomic mass is 79.9. The summed E-state index contributed by atoms with van der Waals surface area (Å²) in [6.07, 6.45) is 2.76. The SMILES string of the molecule is Cc1ccc(CNC(=O)C2CC2c2ccc(Br)cc2)cn1. The number of halogens is 1. The van der Waals surface area contributed by atoms with Crippen molar-refractivity contribution in [1.82, 2.24) is 10.3 Å². The van der Waals surface area contributed by atoms with Gasteiger partial charge in [0.1, 0.15) is 0 Å². The second kappa shape index (κ2) is 5.98. The molecule has 108 valence electrons. The van der Waals surface area contributed by atoms with Crippen LogP contribution < -0.4 is 5.32 Å². The van der Waals surface area contributed by atoms with E-state index in [0.29, 0.717) is 12.5 Å². The van der Waals surface area contributed by atoms with Crippen LogP contribution in [-0.4, -0.2) is 10.9 Å². The Morgan fingerprint density at radius 2 is 2.05 bits per heavy atom. The van der Waals surface area contributed by atoms with Crippen molar-refractivity contribution >= 4 is 21.8 Å². The molecule has 1 saturated carbocycles. The van der Waals surface area contributed by atoms with E-state index < -0.39 is 0 Å². The highest BCUT2D eigenvalue weighted by Crippen LogP contribution is 2.47. The summed E-state index contributed by atoms with van der Waals surface area (Å²) < 4.78 is 1.07. The highest BCUT2D eigenvalue weighted by Gasteiger charge is 2.43. The number of amides is 1. The molecule has 4 heteroatoms. The van der Waals surface area contributed by atoms with E-state index in [9.17, 15) is 4.79 Å². The molecule has 1 aromatic carbocycles. The van der Waals surface area contributed by atoms with E-state index in [0.717, 1.165) is 22.2 Å². The summed E-state index contributed by atoms with van der Waals surface area (Å²) in [5, 5.41) is 3.00. The first kappa shape index (κ1) is 14.3. The van der Waals surface area contributed by atoms with Crippen LogP contribution in [0, 0.1) is 12.8 Å². The zero-order valence-electron chi connectivity index (χ0n) is 11.8. The van der Waals surface area contributed by atoms with Gasteiger partial charge in [0, 0.05) is 28.8 Å². The molecule has 1 aliphatic rings. The Kier molecular flexibility index (Phi) is 4.06. The lowest BCUT2D eigenvalue weighted by molar-refractivity contribution is -0.122. The molecule has 3 nitrogen and oxygen atoms in total. The summed E-state index contributed by atoms with van der Waals surface area (Å²) in [6, 6.07) is 12.2. The number of aryl methyl sites for hydroxylation is 1. The van der Waals surface area contributed by atoms with Crippen LogP contribution in [0.5, 0.6) is 0 Å². The summed E-state index contributed by atoms with van der Waals surface area (Å²) in [5.41, 5.74) is 3.27. The highest BCUT2D eigenvalue weighted by molar-refractivity contribution is 9.10. The minimum atomic E-state index is 0.115. The Morgan fingerprint density at radius 3 is 2.71 bits per heavy atom. The maximum Gasteiger partial charge on any atom is 0.224 e. The molecule has 3 rings (SSSR count). The van der Waals surface area contributed by atoms with Gasteiger partial charge in [-0.2, -0.15) is 0 Å². The summed E-state index contributed by atoms with van der Waals surface area (Å²) in [7, 11) is 0. The van der Waals surface area contributed by atoms with E-state index >= 15 is 0 Å². The summed E-state index contributed by atoms with van der Waals surface area (Å²) in [6.45, 7) is 2.51. The Labute approximate surface area is 132 Å². The number of pyridine rings is 1. The van der Waals surface area contributed by atoms with Gasteiger partial charge >= 0.3 is 0 Å². The van der Waals surface area contributed by atoms with Gasteiger partial charge in [0.25, 0.3) is 0 Å². The molecule has 1 aliphatic carbocycles. The normalized spacial score (nSPS) is 20.1. The first-order valence-electron chi connectivity index (χ1n) is 7.08. The van der Waals surface area contributed by atoms with Gasteiger partial charge < -0.3 is 5.32 Å². The van der Waals surface area contributed by atoms with Gasteiger partial charge in [-0.3, -0.25) is 9.78 Å². The smallest absolute Gasteiger partial charge is 0.224 e. The molecule has 2 aromatic rings. The Hall–Kier alpha value is -1.68. The van der Waals surface area contributed by atoms with Crippen LogP contribution >= 0.6 is 15.9 Å². The fourth-order valence-electron chi connectivity index (χ4n) is 2.49. The zero-order valence-corrected chi connectivity index (χ0v) is 13.4. The number of carbonyl (C=O) groups excluding carboxylic acids is 1. The monoisotopic (exact) mass is 344 g/mol. The van der Waals surface area contributed by atoms with Crippen molar-refractivity contribution < 1.29 is 4.79 Å². The molecule has 1 amide bonds. The molecule has 1 N–H and O–H groups in total. The van der Waals surface area contributed by atoms with Crippen LogP contribution in [0.2, 0.25) is 0 Å². The molecule has 1 fully saturated rings. The third-order valence-corrected chi connectivity index (χ3v) is 4.39. The average molecular weight is 345 g/mol. The quantitative estimate of drug-likeness (QED) is 0.921. The summed E-state index contributed by atoms with van der Waals surface area (Å²) in [4.78, 5) is 16.4. The van der Waals surface area contributed by atoms with Crippen LogP contribution in [0.1, 0.15) is 29.2 Å². The first-order valence-corrected chi connectivity index (χ1v) is 7.87. The van der Waals surface area contributed by atoms with E-state index in [1.54, 1.807) is 0 Å². The number of carbonyl (C=O) groups is 1. The van der Waals surface area contributed by atoms with Crippen LogP contribution in [0.3, 0.4) is 0 Å². The first-order chi connectivity index (χ1) is 10.1. The van der Waals surface area contributed by atoms with E-state index in [2.05, 4.69) is 38.4 Å². The minimum absolute atomic E-state index is 0.115. The maximum atomic E-state index is 12.2. The molecule has 21 heavy (non-hydrogen) atoms. The molecular formula is C17H17BrN2O. The van der Waals surface area contributed by atoms with Crippen molar-refractivity contribution in [3.05, 3.63) is 63.9 Å². The number of hydrogen-bond donors (Lipinski definition) is 1. The predicted molar refractivity (Wildman–Crippen MR) is 85.8 cm³/mol. The standard InChI is InChI=1S/C17H17BrN2O/c1-11-2-3-12(9-19-11)10-20-17(21)16-8-15(16)13-4-6-14(18)7-5-13/h2-7,9,15-16H,8,10H2,1H3,(H,20,21). The summed E-state index contributed by atoms with van der Waals surface area (Å²) in [5.74, 6) is 0.627. The van der Waals surface area contributed by atoms with Gasteiger partial charge in [0.15, 0.2) is 0 Å². The van der Waals surface area contributed by atoms with Gasteiger partial charge in [-0.15, -0.1) is 0 Å². The third-order valence-electron chi connectivity index (χ3n) is 3.86. The van der Waals surface area contributed by atoms with Crippen molar-refractivity contribution in [1.29, 1.82) is 0 Å². The molecule has 0 spiro atoms. The van der Waals surface area contributed by atoms with Crippen molar-refractivity contribution in [2.24, 2.45) is 5.92 Å². The van der Waals surface area contributed by atoms with Gasteiger partial charge in [-0.25, -0.2) is 0 Å². The molecular weight excluding hydrogens is 328 g/mol. The lowest BCUT2D eigenvalue weighted by Gasteiger charge is -2.05. The lowest BCUT2D eigenvalue weighted by Crippen LogP contribution is -2.24. The fourth-order valence-corrected chi connectivity index (χ4v) is 2.75. The largest absolute Gasteiger partial charge is 0.352 e. The maximum absolute atomic E-state index is 12.2. The molecule has 1 aromatic heterocycles. The second-order valence-corrected chi connectivity index (χ2v) is 6.44. The molecule has 0 bridgehead atoms. The van der Waals surface area contributed by atoms with Gasteiger partial charge in [-0.05, 0) is 48.6 Å². The average Bonchev–Trinajstić information content (AvgIpc) is 3.28. The lowest BCUT2D eigenvalue weighted by atomic mass is 10.1. The second-order valence-electron chi connectivity index (χ2n) is 5.53. The van der Waals surface area contributed by atoms with E-state index in [-0.39, 0.29) is 11.8 Å². The number of nitrogens with one attached hydrogen (secondary N) is 1. The molecule has 0 saturated heterocycles. The summed E-state index contributed by atoms with van der Waals surface area (Å²) >= 11 is 3.43. The Morgan fingerprint density at radius 1 is 1.29 bits per heavy atom. The number of hydrogen-bond acceptors (Lipinski definition) is 2.